The second-order valence-corrected chi connectivity index (χ2v) is 7.68. The molecule has 0 atom stereocenters. The molecule has 0 aliphatic heterocycles. The fraction of sp³-hybridized carbons (Fsp3) is 0.0769. The highest BCUT2D eigenvalue weighted by Crippen LogP contribution is 2.16. The van der Waals surface area contributed by atoms with Crippen LogP contribution in [0.5, 0.6) is 5.75 Å². The van der Waals surface area contributed by atoms with Crippen LogP contribution in [0.4, 0.5) is 11.4 Å². The molecular formula is C26H21N5O5. The first-order chi connectivity index (χ1) is 17.5. The molecule has 1 aromatic heterocycles. The maximum absolute atomic E-state index is 12.3. The molecule has 0 aliphatic carbocycles. The van der Waals surface area contributed by atoms with Crippen LogP contribution in [0, 0.1) is 10.1 Å². The molecule has 3 aromatic carbocycles. The van der Waals surface area contributed by atoms with Crippen LogP contribution >= 0.6 is 0 Å². The van der Waals surface area contributed by atoms with E-state index in [1.54, 1.807) is 36.5 Å². The topological polar surface area (TPSA) is 129 Å². The van der Waals surface area contributed by atoms with Crippen molar-refractivity contribution in [2.75, 3.05) is 5.32 Å². The number of carbonyl (C=O) groups excluding carboxylic acids is 2. The first-order valence-electron chi connectivity index (χ1n) is 10.9. The number of nitrogens with one attached hydrogen (secondary N) is 1. The van der Waals surface area contributed by atoms with E-state index in [0.717, 1.165) is 5.56 Å². The first kappa shape index (κ1) is 24.0. The Labute approximate surface area is 206 Å². The van der Waals surface area contributed by atoms with E-state index in [1.807, 2.05) is 30.3 Å². The Morgan fingerprint density at radius 1 is 1.00 bits per heavy atom. The smallest absolute Gasteiger partial charge is 0.269 e. The number of carbonyl (C=O) groups is 2. The van der Waals surface area contributed by atoms with Gasteiger partial charge in [0, 0.05) is 23.4 Å². The summed E-state index contributed by atoms with van der Waals surface area (Å²) in [6.45, 7) is 0.0441. The van der Waals surface area contributed by atoms with Crippen molar-refractivity contribution in [2.24, 2.45) is 0 Å². The van der Waals surface area contributed by atoms with Crippen LogP contribution in [0.25, 0.3) is 6.08 Å². The van der Waals surface area contributed by atoms with Crippen LogP contribution in [-0.4, -0.2) is 31.6 Å². The summed E-state index contributed by atoms with van der Waals surface area (Å²) in [4.78, 5) is 34.7. The van der Waals surface area contributed by atoms with Crippen molar-refractivity contribution in [1.29, 1.82) is 0 Å². The summed E-state index contributed by atoms with van der Waals surface area (Å²) in [5.74, 6) is 0.0900. The van der Waals surface area contributed by atoms with Gasteiger partial charge in [0.05, 0.1) is 11.1 Å². The van der Waals surface area contributed by atoms with Crippen LogP contribution in [0.2, 0.25) is 0 Å². The lowest BCUT2D eigenvalue weighted by molar-refractivity contribution is -0.384. The van der Waals surface area contributed by atoms with Crippen LogP contribution in [0.3, 0.4) is 0 Å². The summed E-state index contributed by atoms with van der Waals surface area (Å²) < 4.78 is 7.06. The van der Waals surface area contributed by atoms with Gasteiger partial charge in [0.2, 0.25) is 5.91 Å². The van der Waals surface area contributed by atoms with E-state index in [9.17, 15) is 19.7 Å². The number of aromatic nitrogens is 3. The maximum atomic E-state index is 12.3. The van der Waals surface area contributed by atoms with E-state index >= 15 is 0 Å². The number of ketones is 1. The van der Waals surface area contributed by atoms with Crippen molar-refractivity contribution in [3.63, 3.8) is 0 Å². The van der Waals surface area contributed by atoms with E-state index in [2.05, 4.69) is 15.6 Å². The molecule has 0 spiro atoms. The predicted octanol–water partition coefficient (Wildman–Crippen LogP) is 4.30. The molecule has 180 valence electrons. The molecule has 1 heterocycles. The fourth-order valence-electron chi connectivity index (χ4n) is 3.20. The number of hydrogen-bond acceptors (Lipinski definition) is 7. The zero-order valence-corrected chi connectivity index (χ0v) is 19.0. The largest absolute Gasteiger partial charge is 0.487 e. The highest BCUT2D eigenvalue weighted by Gasteiger charge is 2.10. The van der Waals surface area contributed by atoms with Gasteiger partial charge in [0.15, 0.2) is 5.78 Å². The summed E-state index contributed by atoms with van der Waals surface area (Å²) >= 11 is 0. The van der Waals surface area contributed by atoms with Crippen molar-refractivity contribution in [2.45, 2.75) is 13.2 Å². The molecule has 0 aliphatic rings. The van der Waals surface area contributed by atoms with E-state index in [-0.39, 0.29) is 30.5 Å². The number of allylic oxidation sites excluding steroid dienone is 1. The Balaban J connectivity index is 1.25. The monoisotopic (exact) mass is 483 g/mol. The molecule has 10 heteroatoms. The molecule has 0 bridgehead atoms. The van der Waals surface area contributed by atoms with Crippen LogP contribution in [0.1, 0.15) is 21.6 Å². The number of anilines is 1. The lowest BCUT2D eigenvalue weighted by Gasteiger charge is -2.05. The minimum Gasteiger partial charge on any atom is -0.487 e. The van der Waals surface area contributed by atoms with Gasteiger partial charge >= 0.3 is 0 Å². The number of nitro benzene ring substituents is 1. The summed E-state index contributed by atoms with van der Waals surface area (Å²) in [6, 6.07) is 21.9. The van der Waals surface area contributed by atoms with Gasteiger partial charge in [-0.3, -0.25) is 19.7 Å². The second kappa shape index (κ2) is 11.3. The number of ether oxygens (including phenoxy) is 1. The van der Waals surface area contributed by atoms with Crippen molar-refractivity contribution >= 4 is 29.1 Å². The summed E-state index contributed by atoms with van der Waals surface area (Å²) in [7, 11) is 0. The molecule has 0 fully saturated rings. The van der Waals surface area contributed by atoms with Gasteiger partial charge in [0.25, 0.3) is 5.69 Å². The normalized spacial score (nSPS) is 10.8. The van der Waals surface area contributed by atoms with Gasteiger partial charge < -0.3 is 10.1 Å². The molecule has 0 saturated heterocycles. The Kier molecular flexibility index (Phi) is 7.57. The molecule has 0 saturated carbocycles. The van der Waals surface area contributed by atoms with Gasteiger partial charge in [-0.25, -0.2) is 4.68 Å². The number of benzene rings is 3. The molecule has 0 radical (unpaired) electrons. The highest BCUT2D eigenvalue weighted by atomic mass is 16.6. The number of hydrogen-bond donors (Lipinski definition) is 1. The van der Waals surface area contributed by atoms with Gasteiger partial charge in [-0.1, -0.05) is 41.6 Å². The van der Waals surface area contributed by atoms with Crippen molar-refractivity contribution in [3.8, 4) is 5.75 Å². The van der Waals surface area contributed by atoms with E-state index in [1.165, 1.54) is 35.0 Å². The van der Waals surface area contributed by atoms with Crippen LogP contribution in [-0.2, 0) is 17.9 Å². The molecular weight excluding hydrogens is 462 g/mol. The number of rotatable bonds is 10. The van der Waals surface area contributed by atoms with E-state index in [0.29, 0.717) is 22.7 Å². The van der Waals surface area contributed by atoms with Gasteiger partial charge in [-0.05, 0) is 48.0 Å². The molecule has 4 aromatic rings. The molecule has 10 nitrogen and oxygen atoms in total. The zero-order valence-electron chi connectivity index (χ0n) is 19.0. The SMILES string of the molecule is O=C(Cn1cc(COc2ccc(C(=O)/C=C/c3ccccc3)cc2)nn1)Nc1ccc([N+](=O)[O-])cc1. The number of nitrogens with zero attached hydrogens (tertiary/aromatic N) is 4. The predicted molar refractivity (Wildman–Crippen MR) is 132 cm³/mol. The second-order valence-electron chi connectivity index (χ2n) is 7.68. The third kappa shape index (κ3) is 6.70. The Morgan fingerprint density at radius 2 is 1.72 bits per heavy atom. The zero-order chi connectivity index (χ0) is 25.3. The molecule has 1 N–H and O–H groups in total. The van der Waals surface area contributed by atoms with Gasteiger partial charge in [0.1, 0.15) is 24.6 Å². The van der Waals surface area contributed by atoms with E-state index in [4.69, 9.17) is 4.74 Å². The van der Waals surface area contributed by atoms with Crippen molar-refractivity contribution in [3.05, 3.63) is 118 Å². The average Bonchev–Trinajstić information content (AvgIpc) is 3.34. The molecule has 1 amide bonds. The third-order valence-electron chi connectivity index (χ3n) is 5.01. The standard InChI is InChI=1S/C26H21N5O5/c32-25(15-6-19-4-2-1-3-5-19)20-7-13-24(14-8-20)36-18-22-16-30(29-28-22)17-26(33)27-21-9-11-23(12-10-21)31(34)35/h1-16H,17-18H2,(H,27,33)/b15-6+. The number of amides is 1. The number of non-ortho nitro benzene ring substituents is 1. The summed E-state index contributed by atoms with van der Waals surface area (Å²) in [6.07, 6.45) is 4.88. The Hall–Kier alpha value is -5.12. The van der Waals surface area contributed by atoms with E-state index < -0.39 is 4.92 Å². The minimum absolute atomic E-state index is 0.0601. The highest BCUT2D eigenvalue weighted by molar-refractivity contribution is 6.06. The third-order valence-corrected chi connectivity index (χ3v) is 5.01. The Morgan fingerprint density at radius 3 is 2.42 bits per heavy atom. The quantitative estimate of drug-likeness (QED) is 0.154. The average molecular weight is 483 g/mol. The van der Waals surface area contributed by atoms with Crippen LogP contribution < -0.4 is 10.1 Å². The summed E-state index contributed by atoms with van der Waals surface area (Å²) in [5, 5.41) is 21.3. The molecule has 0 unspecified atom stereocenters. The van der Waals surface area contributed by atoms with Crippen molar-refractivity contribution in [1.82, 2.24) is 15.0 Å². The summed E-state index contributed by atoms with van der Waals surface area (Å²) in [5.41, 5.74) is 2.38. The van der Waals surface area contributed by atoms with Gasteiger partial charge in [-0.15, -0.1) is 5.10 Å². The lowest BCUT2D eigenvalue weighted by atomic mass is 10.1. The lowest BCUT2D eigenvalue weighted by Crippen LogP contribution is -2.19. The van der Waals surface area contributed by atoms with Crippen molar-refractivity contribution < 1.29 is 19.2 Å². The maximum Gasteiger partial charge on any atom is 0.269 e. The van der Waals surface area contributed by atoms with Crippen LogP contribution in [0.15, 0.2) is 91.1 Å². The molecule has 36 heavy (non-hydrogen) atoms. The minimum atomic E-state index is -0.511. The number of nitro groups is 1. The fourth-order valence-corrected chi connectivity index (χ4v) is 3.20. The molecule has 4 rings (SSSR count). The first-order valence-corrected chi connectivity index (χ1v) is 10.9. The van der Waals surface area contributed by atoms with Gasteiger partial charge in [-0.2, -0.15) is 0 Å². The Bertz CT molecular complexity index is 1380.